The third-order valence-electron chi connectivity index (χ3n) is 7.27. The van der Waals surface area contributed by atoms with Gasteiger partial charge in [0, 0.05) is 11.1 Å². The first-order chi connectivity index (χ1) is 13.5. The number of hydrogen-bond donors (Lipinski definition) is 1. The number of methoxy groups -OCH3 is 1. The summed E-state index contributed by atoms with van der Waals surface area (Å²) in [6.07, 6.45) is 6.44. The van der Waals surface area contributed by atoms with Crippen molar-refractivity contribution in [3.8, 4) is 5.75 Å². The van der Waals surface area contributed by atoms with E-state index in [1.165, 1.54) is 19.3 Å². The van der Waals surface area contributed by atoms with Gasteiger partial charge in [0.15, 0.2) is 0 Å². The normalized spacial score (nSPS) is 35.8. The lowest BCUT2D eigenvalue weighted by atomic mass is 9.49. The highest BCUT2D eigenvalue weighted by atomic mass is 16.6. The van der Waals surface area contributed by atoms with Crippen LogP contribution in [-0.4, -0.2) is 38.3 Å². The molecule has 1 unspecified atom stereocenters. The number of anilines is 1. The quantitative estimate of drug-likeness (QED) is 0.845. The Bertz CT molecular complexity index is 740. The highest BCUT2D eigenvalue weighted by molar-refractivity contribution is 5.90. The summed E-state index contributed by atoms with van der Waals surface area (Å²) in [6, 6.07) is 7.34. The molecule has 4 saturated carbocycles. The predicted octanol–water partition coefficient (Wildman–Crippen LogP) is 3.35. The van der Waals surface area contributed by atoms with Gasteiger partial charge in [0.2, 0.25) is 5.91 Å². The van der Waals surface area contributed by atoms with Crippen molar-refractivity contribution in [2.24, 2.45) is 23.2 Å². The van der Waals surface area contributed by atoms with E-state index in [0.717, 1.165) is 48.5 Å². The van der Waals surface area contributed by atoms with E-state index in [9.17, 15) is 9.59 Å². The van der Waals surface area contributed by atoms with Crippen molar-refractivity contribution in [3.05, 3.63) is 24.3 Å². The van der Waals surface area contributed by atoms with Gasteiger partial charge in [-0.3, -0.25) is 9.69 Å². The van der Waals surface area contributed by atoms with Gasteiger partial charge >= 0.3 is 6.09 Å². The third kappa shape index (κ3) is 3.03. The zero-order chi connectivity index (χ0) is 19.3. The monoisotopic (exact) mass is 384 g/mol. The molecule has 5 aliphatic rings. The van der Waals surface area contributed by atoms with Crippen LogP contribution >= 0.6 is 0 Å². The molecule has 28 heavy (non-hydrogen) atoms. The van der Waals surface area contributed by atoms with Gasteiger partial charge in [-0.1, -0.05) is 0 Å². The van der Waals surface area contributed by atoms with Gasteiger partial charge in [-0.25, -0.2) is 4.79 Å². The van der Waals surface area contributed by atoms with E-state index >= 15 is 0 Å². The summed E-state index contributed by atoms with van der Waals surface area (Å²) in [7, 11) is 1.61. The van der Waals surface area contributed by atoms with Gasteiger partial charge < -0.3 is 14.8 Å². The average Bonchev–Trinajstić information content (AvgIpc) is 3.05. The average molecular weight is 384 g/mol. The van der Waals surface area contributed by atoms with Crippen LogP contribution in [-0.2, 0) is 9.53 Å². The second-order valence-electron chi connectivity index (χ2n) is 9.22. The summed E-state index contributed by atoms with van der Waals surface area (Å²) in [4.78, 5) is 27.0. The van der Waals surface area contributed by atoms with Gasteiger partial charge in [-0.2, -0.15) is 0 Å². The molecule has 1 aromatic rings. The molecule has 0 aromatic heterocycles. The molecule has 5 fully saturated rings. The highest BCUT2D eigenvalue weighted by Gasteiger charge is 2.54. The molecular formula is C22H28N2O4. The Hall–Kier alpha value is -2.24. The number of rotatable bonds is 5. The van der Waals surface area contributed by atoms with E-state index < -0.39 is 0 Å². The van der Waals surface area contributed by atoms with Gasteiger partial charge in [-0.05, 0) is 80.5 Å². The van der Waals surface area contributed by atoms with E-state index in [4.69, 9.17) is 9.47 Å². The summed E-state index contributed by atoms with van der Waals surface area (Å²) in [5.74, 6) is 3.16. The summed E-state index contributed by atoms with van der Waals surface area (Å²) in [5, 5.41) is 3.13. The highest BCUT2D eigenvalue weighted by Crippen LogP contribution is 2.60. The fraction of sp³-hybridized carbons (Fsp3) is 0.636. The van der Waals surface area contributed by atoms with Crippen molar-refractivity contribution in [1.29, 1.82) is 0 Å². The molecule has 4 bridgehead atoms. The number of cyclic esters (lactones) is 1. The largest absolute Gasteiger partial charge is 0.497 e. The van der Waals surface area contributed by atoms with Crippen molar-refractivity contribution in [2.45, 2.75) is 44.6 Å². The maximum Gasteiger partial charge on any atom is 0.414 e. The minimum atomic E-state index is -0.362. The molecule has 6 rings (SSSR count). The Kier molecular flexibility index (Phi) is 4.25. The molecule has 0 radical (unpaired) electrons. The molecule has 1 heterocycles. The molecule has 1 N–H and O–H groups in total. The van der Waals surface area contributed by atoms with Crippen LogP contribution in [0.2, 0.25) is 0 Å². The van der Waals surface area contributed by atoms with Crippen LogP contribution in [0.1, 0.15) is 38.5 Å². The van der Waals surface area contributed by atoms with E-state index in [-0.39, 0.29) is 23.5 Å². The summed E-state index contributed by atoms with van der Waals surface area (Å²) in [5.41, 5.74) is 0.619. The smallest absolute Gasteiger partial charge is 0.414 e. The van der Waals surface area contributed by atoms with Crippen molar-refractivity contribution < 1.29 is 19.1 Å². The van der Waals surface area contributed by atoms with Crippen LogP contribution in [0.4, 0.5) is 10.5 Å². The molecule has 4 aliphatic carbocycles. The van der Waals surface area contributed by atoms with Crippen molar-refractivity contribution in [2.75, 3.05) is 25.1 Å². The molecule has 1 saturated heterocycles. The van der Waals surface area contributed by atoms with Crippen molar-refractivity contribution in [1.82, 2.24) is 5.32 Å². The molecule has 1 aromatic carbocycles. The standard InChI is InChI=1S/C22H28N2O4/c1-27-18-4-2-17(3-5-18)24-13-19(28-21(24)26)12-23-20(25)22-9-14-6-15(10-22)8-16(7-14)11-22/h2-5,14-16,19H,6-13H2,1H3,(H,23,25). The van der Waals surface area contributed by atoms with Crippen LogP contribution in [0.5, 0.6) is 5.75 Å². The van der Waals surface area contributed by atoms with E-state index in [1.807, 2.05) is 24.3 Å². The zero-order valence-electron chi connectivity index (χ0n) is 16.4. The van der Waals surface area contributed by atoms with E-state index in [2.05, 4.69) is 5.32 Å². The van der Waals surface area contributed by atoms with Crippen molar-refractivity contribution in [3.63, 3.8) is 0 Å². The number of benzene rings is 1. The number of ether oxygens (including phenoxy) is 2. The summed E-state index contributed by atoms with van der Waals surface area (Å²) in [6.45, 7) is 0.839. The first kappa shape index (κ1) is 17.8. The third-order valence-corrected chi connectivity index (χ3v) is 7.27. The molecule has 6 heteroatoms. The van der Waals surface area contributed by atoms with Crippen LogP contribution in [0, 0.1) is 23.2 Å². The molecule has 2 amide bonds. The first-order valence-corrected chi connectivity index (χ1v) is 10.5. The minimum absolute atomic E-state index is 0.160. The Morgan fingerprint density at radius 1 is 1.14 bits per heavy atom. The topological polar surface area (TPSA) is 67.9 Å². The Balaban J connectivity index is 1.19. The van der Waals surface area contributed by atoms with Crippen LogP contribution in [0.15, 0.2) is 24.3 Å². The maximum atomic E-state index is 13.1. The predicted molar refractivity (Wildman–Crippen MR) is 104 cm³/mol. The molecular weight excluding hydrogens is 356 g/mol. The number of amides is 2. The Morgan fingerprint density at radius 2 is 1.75 bits per heavy atom. The van der Waals surface area contributed by atoms with Crippen molar-refractivity contribution >= 4 is 17.7 Å². The lowest BCUT2D eigenvalue weighted by Gasteiger charge is -2.55. The Labute approximate surface area is 165 Å². The molecule has 6 nitrogen and oxygen atoms in total. The number of carbonyl (C=O) groups excluding carboxylic acids is 2. The minimum Gasteiger partial charge on any atom is -0.497 e. The number of carbonyl (C=O) groups is 2. The van der Waals surface area contributed by atoms with Crippen LogP contribution in [0.3, 0.4) is 0 Å². The van der Waals surface area contributed by atoms with Gasteiger partial charge in [0.25, 0.3) is 0 Å². The first-order valence-electron chi connectivity index (χ1n) is 10.5. The zero-order valence-corrected chi connectivity index (χ0v) is 16.4. The Morgan fingerprint density at radius 3 is 2.32 bits per heavy atom. The fourth-order valence-corrected chi connectivity index (χ4v) is 6.38. The van der Waals surface area contributed by atoms with Crippen LogP contribution < -0.4 is 15.0 Å². The summed E-state index contributed by atoms with van der Waals surface area (Å²) >= 11 is 0. The maximum absolute atomic E-state index is 13.1. The van der Waals surface area contributed by atoms with Gasteiger partial charge in [0.05, 0.1) is 20.2 Å². The van der Waals surface area contributed by atoms with E-state index in [0.29, 0.717) is 13.1 Å². The summed E-state index contributed by atoms with van der Waals surface area (Å²) < 4.78 is 10.7. The van der Waals surface area contributed by atoms with E-state index in [1.54, 1.807) is 12.0 Å². The molecule has 0 spiro atoms. The fourth-order valence-electron chi connectivity index (χ4n) is 6.38. The van der Waals surface area contributed by atoms with Crippen LogP contribution in [0.25, 0.3) is 0 Å². The second kappa shape index (κ2) is 6.68. The van der Waals surface area contributed by atoms with Gasteiger partial charge in [0.1, 0.15) is 11.9 Å². The lowest BCUT2D eigenvalue weighted by Crippen LogP contribution is -2.54. The lowest BCUT2D eigenvalue weighted by molar-refractivity contribution is -0.146. The number of nitrogens with one attached hydrogen (secondary N) is 1. The molecule has 1 aliphatic heterocycles. The number of nitrogens with zero attached hydrogens (tertiary/aromatic N) is 1. The second-order valence-corrected chi connectivity index (χ2v) is 9.22. The molecule has 150 valence electrons. The number of hydrogen-bond acceptors (Lipinski definition) is 4. The SMILES string of the molecule is COc1ccc(N2CC(CNC(=O)C34CC5CC(CC(C5)C3)C4)OC2=O)cc1. The molecule has 1 atom stereocenters. The van der Waals surface area contributed by atoms with Gasteiger partial charge in [-0.15, -0.1) is 0 Å².